The van der Waals surface area contributed by atoms with Crippen molar-refractivity contribution in [3.05, 3.63) is 71.3 Å². The number of urea groups is 1. The number of benzene rings is 2. The lowest BCUT2D eigenvalue weighted by Gasteiger charge is -2.57. The Morgan fingerprint density at radius 2 is 1.59 bits per heavy atom. The van der Waals surface area contributed by atoms with Gasteiger partial charge in [0.15, 0.2) is 0 Å². The summed E-state index contributed by atoms with van der Waals surface area (Å²) in [6, 6.07) is 19.9. The summed E-state index contributed by atoms with van der Waals surface area (Å²) in [5.41, 5.74) is 3.61. The minimum Gasteiger partial charge on any atom is -0.395 e. The van der Waals surface area contributed by atoms with E-state index in [0.717, 1.165) is 45.3 Å². The van der Waals surface area contributed by atoms with Crippen molar-refractivity contribution in [1.82, 2.24) is 15.1 Å². The van der Waals surface area contributed by atoms with E-state index in [1.165, 1.54) is 29.5 Å². The molecule has 3 fully saturated rings. The van der Waals surface area contributed by atoms with Gasteiger partial charge in [-0.25, -0.2) is 4.79 Å². The van der Waals surface area contributed by atoms with Crippen LogP contribution in [0.15, 0.2) is 54.6 Å². The van der Waals surface area contributed by atoms with Crippen molar-refractivity contribution in [3.63, 3.8) is 0 Å². The van der Waals surface area contributed by atoms with E-state index in [1.807, 2.05) is 23.1 Å². The van der Waals surface area contributed by atoms with E-state index in [4.69, 9.17) is 0 Å². The van der Waals surface area contributed by atoms with Gasteiger partial charge < -0.3 is 15.3 Å². The van der Waals surface area contributed by atoms with Crippen molar-refractivity contribution in [3.8, 4) is 0 Å². The molecular formula is C29H37N3O2. The highest BCUT2D eigenvalue weighted by molar-refractivity contribution is 5.74. The number of carbonyl (C=O) groups is 1. The lowest BCUT2D eigenvalue weighted by atomic mass is 9.74. The zero-order valence-corrected chi connectivity index (χ0v) is 20.0. The van der Waals surface area contributed by atoms with E-state index in [9.17, 15) is 9.90 Å². The molecular weight excluding hydrogens is 422 g/mol. The van der Waals surface area contributed by atoms with Gasteiger partial charge in [-0.2, -0.15) is 0 Å². The van der Waals surface area contributed by atoms with Gasteiger partial charge in [0.2, 0.25) is 0 Å². The maximum atomic E-state index is 13.1. The first-order valence-corrected chi connectivity index (χ1v) is 13.0. The molecule has 5 nitrogen and oxygen atoms in total. The molecule has 0 spiro atoms. The molecule has 1 aliphatic carbocycles. The van der Waals surface area contributed by atoms with E-state index in [-0.39, 0.29) is 30.6 Å². The Bertz CT molecular complexity index is 969. The van der Waals surface area contributed by atoms with Crippen LogP contribution >= 0.6 is 0 Å². The average molecular weight is 460 g/mol. The van der Waals surface area contributed by atoms with Gasteiger partial charge >= 0.3 is 6.03 Å². The zero-order chi connectivity index (χ0) is 23.3. The highest BCUT2D eigenvalue weighted by atomic mass is 16.3. The van der Waals surface area contributed by atoms with Gasteiger partial charge in [0.25, 0.3) is 0 Å². The van der Waals surface area contributed by atoms with E-state index in [2.05, 4.69) is 58.8 Å². The fraction of sp³-hybridized carbons (Fsp3) is 0.483. The van der Waals surface area contributed by atoms with Crippen molar-refractivity contribution in [2.75, 3.05) is 26.2 Å². The van der Waals surface area contributed by atoms with Gasteiger partial charge in [-0.3, -0.25) is 4.90 Å². The van der Waals surface area contributed by atoms with Crippen LogP contribution in [0.4, 0.5) is 4.79 Å². The van der Waals surface area contributed by atoms with Crippen LogP contribution in [0.3, 0.4) is 0 Å². The molecule has 3 atom stereocenters. The Labute approximate surface area is 203 Å². The lowest BCUT2D eigenvalue weighted by molar-refractivity contribution is -0.0591. The second-order valence-corrected chi connectivity index (χ2v) is 10.1. The van der Waals surface area contributed by atoms with Crippen molar-refractivity contribution in [2.24, 2.45) is 0 Å². The number of nitrogens with one attached hydrogen (secondary N) is 1. The second kappa shape index (κ2) is 10.7. The molecule has 1 saturated carbocycles. The van der Waals surface area contributed by atoms with Crippen LogP contribution in [0.2, 0.25) is 0 Å². The molecule has 34 heavy (non-hydrogen) atoms. The minimum atomic E-state index is 0.0985. The molecule has 2 amide bonds. The van der Waals surface area contributed by atoms with Gasteiger partial charge in [0.1, 0.15) is 0 Å². The van der Waals surface area contributed by atoms with E-state index >= 15 is 0 Å². The summed E-state index contributed by atoms with van der Waals surface area (Å²) >= 11 is 0. The van der Waals surface area contributed by atoms with Crippen LogP contribution in [0.1, 0.15) is 61.1 Å². The van der Waals surface area contributed by atoms with Gasteiger partial charge in [-0.15, -0.1) is 0 Å². The number of aliphatic hydroxyl groups excluding tert-OH is 1. The molecule has 2 aliphatic heterocycles. The second-order valence-electron chi connectivity index (χ2n) is 10.1. The summed E-state index contributed by atoms with van der Waals surface area (Å²) in [5.74, 6) is 0.247. The van der Waals surface area contributed by atoms with Gasteiger partial charge in [0, 0.05) is 37.1 Å². The summed E-state index contributed by atoms with van der Waals surface area (Å²) in [6.45, 7) is 2.71. The maximum absolute atomic E-state index is 13.1. The molecule has 2 aromatic carbocycles. The Morgan fingerprint density at radius 3 is 2.29 bits per heavy atom. The Hall–Kier alpha value is -2.63. The zero-order valence-electron chi connectivity index (χ0n) is 20.0. The minimum absolute atomic E-state index is 0.0985. The monoisotopic (exact) mass is 459 g/mol. The van der Waals surface area contributed by atoms with Gasteiger partial charge in [0.05, 0.1) is 6.61 Å². The summed E-state index contributed by atoms with van der Waals surface area (Å²) in [5, 5.41) is 13.5. The van der Waals surface area contributed by atoms with E-state index in [1.54, 1.807) is 0 Å². The van der Waals surface area contributed by atoms with Crippen LogP contribution < -0.4 is 5.32 Å². The third-order valence-electron chi connectivity index (χ3n) is 7.93. The molecule has 2 aromatic rings. The summed E-state index contributed by atoms with van der Waals surface area (Å²) in [6.07, 6.45) is 11.0. The smallest absolute Gasteiger partial charge is 0.317 e. The molecule has 2 N–H and O–H groups in total. The molecule has 2 saturated heterocycles. The number of amides is 2. The Balaban J connectivity index is 1.29. The van der Waals surface area contributed by atoms with Crippen molar-refractivity contribution in [2.45, 2.75) is 62.6 Å². The number of fused-ring (bicyclic) bond motifs is 1. The fourth-order valence-corrected chi connectivity index (χ4v) is 6.05. The van der Waals surface area contributed by atoms with Crippen LogP contribution in [-0.4, -0.2) is 65.3 Å². The van der Waals surface area contributed by atoms with Gasteiger partial charge in [-0.1, -0.05) is 79.6 Å². The molecule has 5 rings (SSSR count). The lowest BCUT2D eigenvalue weighted by Crippen LogP contribution is -2.68. The summed E-state index contributed by atoms with van der Waals surface area (Å²) in [4.78, 5) is 17.5. The predicted molar refractivity (Wildman–Crippen MR) is 138 cm³/mol. The average Bonchev–Trinajstić information content (AvgIpc) is 3.36. The highest BCUT2D eigenvalue weighted by Crippen LogP contribution is 2.42. The molecule has 180 valence electrons. The highest BCUT2D eigenvalue weighted by Gasteiger charge is 2.49. The van der Waals surface area contributed by atoms with Crippen LogP contribution in [0, 0.1) is 0 Å². The third-order valence-corrected chi connectivity index (χ3v) is 7.93. The first-order valence-electron chi connectivity index (χ1n) is 13.0. The van der Waals surface area contributed by atoms with Crippen molar-refractivity contribution in [1.29, 1.82) is 0 Å². The van der Waals surface area contributed by atoms with E-state index < -0.39 is 0 Å². The normalized spacial score (nSPS) is 26.0. The number of carbonyl (C=O) groups excluding carboxylic acids is 1. The number of hydrogen-bond donors (Lipinski definition) is 2. The topological polar surface area (TPSA) is 55.8 Å². The largest absolute Gasteiger partial charge is 0.395 e. The SMILES string of the molecule is O=C(NC1CCCC1)N1CCCCN2[C@H](CO)[C@@H](c3ccc(/C=C/c4ccccc4)cc3)[C@@H]2C1. The quantitative estimate of drug-likeness (QED) is 0.636. The number of aliphatic hydroxyl groups is 1. The summed E-state index contributed by atoms with van der Waals surface area (Å²) < 4.78 is 0. The molecule has 0 bridgehead atoms. The molecule has 0 aromatic heterocycles. The first-order chi connectivity index (χ1) is 16.7. The van der Waals surface area contributed by atoms with Crippen LogP contribution in [0.5, 0.6) is 0 Å². The Morgan fingerprint density at radius 1 is 0.912 bits per heavy atom. The maximum Gasteiger partial charge on any atom is 0.317 e. The number of nitrogens with zero attached hydrogens (tertiary/aromatic N) is 2. The third kappa shape index (κ3) is 5.06. The molecule has 5 heteroatoms. The molecule has 0 radical (unpaired) electrons. The first kappa shape index (κ1) is 23.1. The number of rotatable bonds is 5. The molecule has 3 aliphatic rings. The number of hydrogen-bond acceptors (Lipinski definition) is 3. The molecule has 2 heterocycles. The van der Waals surface area contributed by atoms with Crippen LogP contribution in [-0.2, 0) is 0 Å². The van der Waals surface area contributed by atoms with E-state index in [0.29, 0.717) is 6.04 Å². The van der Waals surface area contributed by atoms with Crippen LogP contribution in [0.25, 0.3) is 12.2 Å². The predicted octanol–water partition coefficient (Wildman–Crippen LogP) is 4.73. The van der Waals surface area contributed by atoms with Crippen molar-refractivity contribution >= 4 is 18.2 Å². The van der Waals surface area contributed by atoms with Gasteiger partial charge in [-0.05, 0) is 48.9 Å². The molecule has 0 unspecified atom stereocenters. The standard InChI is InChI=1S/C29H37N3O2/c33-21-27-28(24-16-14-23(15-17-24)13-12-22-8-2-1-3-9-22)26-20-31(18-6-7-19-32(26)27)29(34)30-25-10-4-5-11-25/h1-3,8-9,12-17,25-28,33H,4-7,10-11,18-21H2,(H,30,34)/b13-12+/t26-,27+,28-/m0/s1. The summed E-state index contributed by atoms with van der Waals surface area (Å²) in [7, 11) is 0. The van der Waals surface area contributed by atoms with Crippen molar-refractivity contribution < 1.29 is 9.90 Å². The fourth-order valence-electron chi connectivity index (χ4n) is 6.05. The Kier molecular flexibility index (Phi) is 7.31.